The topological polar surface area (TPSA) is 32.3 Å². The van der Waals surface area contributed by atoms with Gasteiger partial charge in [-0.25, -0.2) is 0 Å². The van der Waals surface area contributed by atoms with Crippen LogP contribution in [-0.2, 0) is 0 Å². The van der Waals surface area contributed by atoms with Gasteiger partial charge in [-0.1, -0.05) is 26.0 Å². The highest BCUT2D eigenvalue weighted by atomic mass is 127. The second kappa shape index (κ2) is 6.71. The van der Waals surface area contributed by atoms with Crippen LogP contribution in [0.25, 0.3) is 0 Å². The molecular formula is C14H22INO. The van der Waals surface area contributed by atoms with E-state index in [1.807, 2.05) is 0 Å². The van der Waals surface area contributed by atoms with Crippen LogP contribution in [0.5, 0.6) is 0 Å². The first-order valence-electron chi connectivity index (χ1n) is 6.04. The molecule has 0 spiro atoms. The van der Waals surface area contributed by atoms with Crippen molar-refractivity contribution in [1.29, 1.82) is 0 Å². The Balaban J connectivity index is 2.49. The van der Waals surface area contributed by atoms with Crippen molar-refractivity contribution in [3.8, 4) is 0 Å². The third-order valence-electron chi connectivity index (χ3n) is 3.05. The number of hydrogen-bond donors (Lipinski definition) is 2. The predicted molar refractivity (Wildman–Crippen MR) is 81.1 cm³/mol. The number of hydrogen-bond acceptors (Lipinski definition) is 2. The minimum Gasteiger partial charge on any atom is -0.396 e. The van der Waals surface area contributed by atoms with Gasteiger partial charge in [-0.05, 0) is 59.0 Å². The molecule has 0 heterocycles. The molecule has 0 saturated carbocycles. The molecule has 0 aliphatic carbocycles. The van der Waals surface area contributed by atoms with E-state index in [-0.39, 0.29) is 12.0 Å². The van der Waals surface area contributed by atoms with Crippen LogP contribution < -0.4 is 5.32 Å². The van der Waals surface area contributed by atoms with Crippen molar-refractivity contribution in [3.63, 3.8) is 0 Å². The fourth-order valence-corrected chi connectivity index (χ4v) is 2.05. The average Bonchev–Trinajstić information content (AvgIpc) is 2.27. The summed E-state index contributed by atoms with van der Waals surface area (Å²) in [6, 6.07) is 8.95. The van der Waals surface area contributed by atoms with Gasteiger partial charge in [-0.2, -0.15) is 0 Å². The van der Waals surface area contributed by atoms with E-state index >= 15 is 0 Å². The van der Waals surface area contributed by atoms with E-state index < -0.39 is 0 Å². The van der Waals surface area contributed by atoms with Gasteiger partial charge in [0.15, 0.2) is 0 Å². The fraction of sp³-hybridized carbons (Fsp3) is 0.571. The Labute approximate surface area is 118 Å². The summed E-state index contributed by atoms with van der Waals surface area (Å²) in [6.07, 6.45) is 0.833. The number of rotatable bonds is 6. The lowest BCUT2D eigenvalue weighted by atomic mass is 9.89. The summed E-state index contributed by atoms with van der Waals surface area (Å²) in [7, 11) is 0. The van der Waals surface area contributed by atoms with Crippen molar-refractivity contribution in [1.82, 2.24) is 5.32 Å². The second-order valence-corrected chi connectivity index (χ2v) is 6.54. The van der Waals surface area contributed by atoms with Crippen LogP contribution in [0.3, 0.4) is 0 Å². The Hall–Kier alpha value is -0.130. The molecule has 0 radical (unpaired) electrons. The molecule has 0 fully saturated rings. The molecule has 0 amide bonds. The van der Waals surface area contributed by atoms with Gasteiger partial charge in [-0.3, -0.25) is 0 Å². The van der Waals surface area contributed by atoms with Gasteiger partial charge in [0, 0.05) is 22.8 Å². The van der Waals surface area contributed by atoms with Gasteiger partial charge in [0.25, 0.3) is 0 Å². The van der Waals surface area contributed by atoms with Gasteiger partial charge in [0.1, 0.15) is 0 Å². The maximum Gasteiger partial charge on any atom is 0.0436 e. The molecule has 1 aromatic rings. The molecule has 2 nitrogen and oxygen atoms in total. The quantitative estimate of drug-likeness (QED) is 0.774. The second-order valence-electron chi connectivity index (χ2n) is 5.29. The van der Waals surface area contributed by atoms with E-state index in [9.17, 15) is 0 Å². The standard InChI is InChI=1S/C14H22INO/c1-11(12-4-6-13(15)7-5-12)16-10-14(2,3)8-9-17/h4-7,11,16-17H,8-10H2,1-3H3. The zero-order valence-electron chi connectivity index (χ0n) is 10.8. The molecule has 0 aliphatic rings. The van der Waals surface area contributed by atoms with Crippen LogP contribution in [0.2, 0.25) is 0 Å². The summed E-state index contributed by atoms with van der Waals surface area (Å²) in [5.74, 6) is 0. The van der Waals surface area contributed by atoms with E-state index in [0.29, 0.717) is 6.04 Å². The first-order valence-corrected chi connectivity index (χ1v) is 7.12. The summed E-state index contributed by atoms with van der Waals surface area (Å²) in [4.78, 5) is 0. The maximum atomic E-state index is 8.99. The molecule has 0 aromatic heterocycles. The molecule has 3 heteroatoms. The largest absolute Gasteiger partial charge is 0.396 e. The Morgan fingerprint density at radius 2 is 1.88 bits per heavy atom. The lowest BCUT2D eigenvalue weighted by molar-refractivity contribution is 0.204. The Kier molecular flexibility index (Phi) is 5.89. The molecule has 1 unspecified atom stereocenters. The van der Waals surface area contributed by atoms with E-state index in [0.717, 1.165) is 13.0 Å². The molecular weight excluding hydrogens is 325 g/mol. The van der Waals surface area contributed by atoms with Crippen LogP contribution in [0.4, 0.5) is 0 Å². The zero-order valence-corrected chi connectivity index (χ0v) is 13.0. The normalized spacial score (nSPS) is 13.7. The highest BCUT2D eigenvalue weighted by molar-refractivity contribution is 14.1. The molecule has 0 bridgehead atoms. The van der Waals surface area contributed by atoms with Crippen LogP contribution in [0.1, 0.15) is 38.8 Å². The lowest BCUT2D eigenvalue weighted by Crippen LogP contribution is -2.32. The maximum absolute atomic E-state index is 8.99. The molecule has 1 aromatic carbocycles. The molecule has 1 atom stereocenters. The highest BCUT2D eigenvalue weighted by Gasteiger charge is 2.18. The molecule has 0 saturated heterocycles. The van der Waals surface area contributed by atoms with Crippen molar-refractivity contribution in [2.45, 2.75) is 33.2 Å². The average molecular weight is 347 g/mol. The number of nitrogens with one attached hydrogen (secondary N) is 1. The van der Waals surface area contributed by atoms with Crippen molar-refractivity contribution in [2.24, 2.45) is 5.41 Å². The lowest BCUT2D eigenvalue weighted by Gasteiger charge is -2.26. The number of halogens is 1. The minimum atomic E-state index is 0.145. The summed E-state index contributed by atoms with van der Waals surface area (Å²) in [5.41, 5.74) is 1.46. The van der Waals surface area contributed by atoms with Gasteiger partial charge in [-0.15, -0.1) is 0 Å². The van der Waals surface area contributed by atoms with Gasteiger partial charge in [0.05, 0.1) is 0 Å². The van der Waals surface area contributed by atoms with Crippen LogP contribution in [0.15, 0.2) is 24.3 Å². The SMILES string of the molecule is CC(NCC(C)(C)CCO)c1ccc(I)cc1. The molecule has 17 heavy (non-hydrogen) atoms. The Morgan fingerprint density at radius 1 is 1.29 bits per heavy atom. The first-order chi connectivity index (χ1) is 7.94. The smallest absolute Gasteiger partial charge is 0.0436 e. The third kappa shape index (κ3) is 5.36. The van der Waals surface area contributed by atoms with Gasteiger partial charge < -0.3 is 10.4 Å². The number of benzene rings is 1. The Morgan fingerprint density at radius 3 is 2.41 bits per heavy atom. The first kappa shape index (κ1) is 14.9. The molecule has 96 valence electrons. The summed E-state index contributed by atoms with van der Waals surface area (Å²) in [6.45, 7) is 7.71. The fourth-order valence-electron chi connectivity index (χ4n) is 1.69. The van der Waals surface area contributed by atoms with Crippen LogP contribution >= 0.6 is 22.6 Å². The summed E-state index contributed by atoms with van der Waals surface area (Å²) >= 11 is 2.32. The van der Waals surface area contributed by atoms with Crippen molar-refractivity contribution in [2.75, 3.05) is 13.2 Å². The highest BCUT2D eigenvalue weighted by Crippen LogP contribution is 2.21. The van der Waals surface area contributed by atoms with Crippen molar-refractivity contribution in [3.05, 3.63) is 33.4 Å². The van der Waals surface area contributed by atoms with Crippen molar-refractivity contribution >= 4 is 22.6 Å². The van der Waals surface area contributed by atoms with E-state index in [1.165, 1.54) is 9.13 Å². The Bertz CT molecular complexity index is 335. The van der Waals surface area contributed by atoms with Crippen LogP contribution in [-0.4, -0.2) is 18.3 Å². The molecule has 0 aliphatic heterocycles. The predicted octanol–water partition coefficient (Wildman–Crippen LogP) is 3.35. The summed E-state index contributed by atoms with van der Waals surface area (Å²) < 4.78 is 1.26. The van der Waals surface area contributed by atoms with Gasteiger partial charge in [0.2, 0.25) is 0 Å². The van der Waals surface area contributed by atoms with E-state index in [2.05, 4.69) is 72.9 Å². The molecule has 2 N–H and O–H groups in total. The van der Waals surface area contributed by atoms with Gasteiger partial charge >= 0.3 is 0 Å². The van der Waals surface area contributed by atoms with Crippen molar-refractivity contribution < 1.29 is 5.11 Å². The van der Waals surface area contributed by atoms with Crippen LogP contribution in [0, 0.1) is 8.99 Å². The van der Waals surface area contributed by atoms with E-state index in [4.69, 9.17) is 5.11 Å². The third-order valence-corrected chi connectivity index (χ3v) is 3.76. The number of aliphatic hydroxyl groups is 1. The number of aliphatic hydroxyl groups excluding tert-OH is 1. The van der Waals surface area contributed by atoms with E-state index in [1.54, 1.807) is 0 Å². The molecule has 1 rings (SSSR count). The minimum absolute atomic E-state index is 0.145. The summed E-state index contributed by atoms with van der Waals surface area (Å²) in [5, 5.41) is 12.5. The monoisotopic (exact) mass is 347 g/mol. The zero-order chi connectivity index (χ0) is 12.9.